The molecule has 56 valence electrons. The molecule has 3 nitrogen and oxygen atoms in total. The van der Waals surface area contributed by atoms with Gasteiger partial charge in [-0.15, -0.1) is 12.4 Å². The maximum Gasteiger partial charge on any atom is 0.326 e. The molecule has 0 unspecified atom stereocenters. The molecule has 0 amide bonds. The number of carbonyl (C=O) groups is 1. The van der Waals surface area contributed by atoms with Crippen molar-refractivity contribution < 1.29 is 14.3 Å². The quantitative estimate of drug-likeness (QED) is 0.601. The molecule has 0 rings (SSSR count). The standard InChI is InChI=1S/C4H8FNO2.ClH/c1-4(6,2-5)3(7)8;/h2,6H2,1H3,(H,7,8);1H/t4-;/m0./s1. The molecule has 0 heterocycles. The number of nitrogens with two attached hydrogens (primary N) is 1. The fraction of sp³-hybridized carbons (Fsp3) is 0.750. The summed E-state index contributed by atoms with van der Waals surface area (Å²) < 4.78 is 11.5. The van der Waals surface area contributed by atoms with E-state index in [9.17, 15) is 9.18 Å². The van der Waals surface area contributed by atoms with Gasteiger partial charge in [0.05, 0.1) is 0 Å². The average molecular weight is 158 g/mol. The van der Waals surface area contributed by atoms with Crippen molar-refractivity contribution in [1.82, 2.24) is 0 Å². The van der Waals surface area contributed by atoms with Crippen LogP contribution in [0.5, 0.6) is 0 Å². The first-order chi connectivity index (χ1) is 3.50. The van der Waals surface area contributed by atoms with Crippen LogP contribution in [0.4, 0.5) is 4.39 Å². The minimum Gasteiger partial charge on any atom is -0.480 e. The Morgan fingerprint density at radius 1 is 1.89 bits per heavy atom. The molecule has 0 aromatic rings. The van der Waals surface area contributed by atoms with Crippen molar-refractivity contribution >= 4 is 18.4 Å². The second kappa shape index (κ2) is 3.63. The van der Waals surface area contributed by atoms with Gasteiger partial charge in [0.2, 0.25) is 0 Å². The lowest BCUT2D eigenvalue weighted by Crippen LogP contribution is -2.46. The Labute approximate surface area is 58.4 Å². The van der Waals surface area contributed by atoms with Crippen LogP contribution in [-0.2, 0) is 4.79 Å². The maximum absolute atomic E-state index is 11.5. The van der Waals surface area contributed by atoms with E-state index in [-0.39, 0.29) is 12.4 Å². The van der Waals surface area contributed by atoms with Gasteiger partial charge in [-0.25, -0.2) is 4.39 Å². The fourth-order valence-corrected chi connectivity index (χ4v) is 0.0572. The van der Waals surface area contributed by atoms with Crippen molar-refractivity contribution in [1.29, 1.82) is 0 Å². The monoisotopic (exact) mass is 157 g/mol. The van der Waals surface area contributed by atoms with Gasteiger partial charge in [0.1, 0.15) is 12.2 Å². The molecular weight excluding hydrogens is 148 g/mol. The van der Waals surface area contributed by atoms with E-state index in [0.29, 0.717) is 0 Å². The summed E-state index contributed by atoms with van der Waals surface area (Å²) in [6.07, 6.45) is 0. The molecule has 0 radical (unpaired) electrons. The van der Waals surface area contributed by atoms with Crippen LogP contribution >= 0.6 is 12.4 Å². The van der Waals surface area contributed by atoms with Gasteiger partial charge in [-0.3, -0.25) is 4.79 Å². The molecule has 0 fully saturated rings. The van der Waals surface area contributed by atoms with E-state index in [4.69, 9.17) is 10.8 Å². The van der Waals surface area contributed by atoms with Crippen molar-refractivity contribution in [3.8, 4) is 0 Å². The molecule has 0 aliphatic rings. The van der Waals surface area contributed by atoms with Crippen LogP contribution in [0.2, 0.25) is 0 Å². The molecule has 0 aromatic heterocycles. The fourth-order valence-electron chi connectivity index (χ4n) is 0.0572. The van der Waals surface area contributed by atoms with E-state index >= 15 is 0 Å². The summed E-state index contributed by atoms with van der Waals surface area (Å²) in [5.74, 6) is -1.32. The summed E-state index contributed by atoms with van der Waals surface area (Å²) in [7, 11) is 0. The predicted molar refractivity (Wildman–Crippen MR) is 33.5 cm³/mol. The number of rotatable bonds is 2. The zero-order valence-electron chi connectivity index (χ0n) is 4.93. The number of hydrogen-bond acceptors (Lipinski definition) is 2. The number of halogens is 2. The lowest BCUT2D eigenvalue weighted by Gasteiger charge is -2.12. The SMILES string of the molecule is C[C@](N)(CF)C(=O)O.Cl. The lowest BCUT2D eigenvalue weighted by molar-refractivity contribution is -0.143. The largest absolute Gasteiger partial charge is 0.480 e. The highest BCUT2D eigenvalue weighted by Crippen LogP contribution is 1.97. The number of aliphatic carboxylic acids is 1. The molecule has 1 atom stereocenters. The number of alkyl halides is 1. The van der Waals surface area contributed by atoms with E-state index in [1.54, 1.807) is 0 Å². The summed E-state index contributed by atoms with van der Waals surface area (Å²) in [4.78, 5) is 9.89. The first-order valence-electron chi connectivity index (χ1n) is 2.09. The minimum absolute atomic E-state index is 0. The molecule has 0 spiro atoms. The van der Waals surface area contributed by atoms with Crippen molar-refractivity contribution in [2.75, 3.05) is 6.67 Å². The Balaban J connectivity index is 0. The van der Waals surface area contributed by atoms with Crippen LogP contribution in [0.15, 0.2) is 0 Å². The van der Waals surface area contributed by atoms with E-state index in [2.05, 4.69) is 0 Å². The molecule has 3 N–H and O–H groups in total. The van der Waals surface area contributed by atoms with Crippen molar-refractivity contribution in [3.63, 3.8) is 0 Å². The van der Waals surface area contributed by atoms with Gasteiger partial charge in [0.25, 0.3) is 0 Å². The molecule has 5 heteroatoms. The third-order valence-corrected chi connectivity index (χ3v) is 0.766. The topological polar surface area (TPSA) is 63.3 Å². The van der Waals surface area contributed by atoms with Gasteiger partial charge < -0.3 is 10.8 Å². The molecule has 0 saturated heterocycles. The van der Waals surface area contributed by atoms with Gasteiger partial charge in [-0.1, -0.05) is 0 Å². The van der Waals surface area contributed by atoms with Crippen molar-refractivity contribution in [3.05, 3.63) is 0 Å². The van der Waals surface area contributed by atoms with Gasteiger partial charge in [-0.2, -0.15) is 0 Å². The zero-order valence-corrected chi connectivity index (χ0v) is 5.74. The Morgan fingerprint density at radius 2 is 2.22 bits per heavy atom. The Bertz CT molecular complexity index is 107. The highest BCUT2D eigenvalue weighted by Gasteiger charge is 2.27. The molecule has 9 heavy (non-hydrogen) atoms. The first kappa shape index (κ1) is 11.4. The number of carboxylic acids is 1. The lowest BCUT2D eigenvalue weighted by atomic mass is 10.1. The van der Waals surface area contributed by atoms with Gasteiger partial charge in [0, 0.05) is 0 Å². The van der Waals surface area contributed by atoms with Crippen LogP contribution in [0, 0.1) is 0 Å². The smallest absolute Gasteiger partial charge is 0.326 e. The van der Waals surface area contributed by atoms with E-state index in [0.717, 1.165) is 6.92 Å². The molecule has 0 bridgehead atoms. The molecular formula is C4H9ClFNO2. The first-order valence-corrected chi connectivity index (χ1v) is 2.09. The van der Waals surface area contributed by atoms with Gasteiger partial charge in [0.15, 0.2) is 0 Å². The van der Waals surface area contributed by atoms with E-state index in [1.807, 2.05) is 0 Å². The van der Waals surface area contributed by atoms with Crippen molar-refractivity contribution in [2.24, 2.45) is 5.73 Å². The highest BCUT2D eigenvalue weighted by molar-refractivity contribution is 5.85. The summed E-state index contributed by atoms with van der Waals surface area (Å²) in [6.45, 7) is 0.0810. The summed E-state index contributed by atoms with van der Waals surface area (Å²) in [5.41, 5.74) is 3.18. The number of carboxylic acid groups (broad SMARTS) is 1. The Kier molecular flexibility index (Phi) is 4.62. The zero-order chi connectivity index (χ0) is 6.78. The summed E-state index contributed by atoms with van der Waals surface area (Å²) in [5, 5.41) is 8.08. The number of hydrogen-bond donors (Lipinski definition) is 2. The average Bonchev–Trinajstić information content (AvgIpc) is 1.67. The normalized spacial score (nSPS) is 15.4. The Morgan fingerprint density at radius 3 is 2.22 bits per heavy atom. The highest BCUT2D eigenvalue weighted by atomic mass is 35.5. The van der Waals surface area contributed by atoms with Crippen LogP contribution in [0.1, 0.15) is 6.92 Å². The van der Waals surface area contributed by atoms with Crippen LogP contribution in [-0.4, -0.2) is 23.3 Å². The summed E-state index contributed by atoms with van der Waals surface area (Å²) in [6, 6.07) is 0. The predicted octanol–water partition coefficient (Wildman–Crippen LogP) is 0.180. The van der Waals surface area contributed by atoms with Gasteiger partial charge in [-0.05, 0) is 6.92 Å². The molecule has 0 aliphatic carbocycles. The molecule has 0 saturated carbocycles. The molecule has 0 aromatic carbocycles. The van der Waals surface area contributed by atoms with Gasteiger partial charge >= 0.3 is 5.97 Å². The Hall–Kier alpha value is -0.350. The van der Waals surface area contributed by atoms with Crippen molar-refractivity contribution in [2.45, 2.75) is 12.5 Å². The summed E-state index contributed by atoms with van der Waals surface area (Å²) >= 11 is 0. The molecule has 0 aliphatic heterocycles. The minimum atomic E-state index is -1.71. The maximum atomic E-state index is 11.5. The van der Waals surface area contributed by atoms with E-state index in [1.165, 1.54) is 0 Å². The van der Waals surface area contributed by atoms with Crippen LogP contribution in [0.25, 0.3) is 0 Å². The van der Waals surface area contributed by atoms with Crippen LogP contribution < -0.4 is 5.73 Å². The van der Waals surface area contributed by atoms with E-state index < -0.39 is 18.2 Å². The third-order valence-electron chi connectivity index (χ3n) is 0.766. The third kappa shape index (κ3) is 3.26. The second-order valence-corrected chi connectivity index (χ2v) is 1.86. The second-order valence-electron chi connectivity index (χ2n) is 1.86. The van der Waals surface area contributed by atoms with Crippen LogP contribution in [0.3, 0.4) is 0 Å².